The molecule has 0 atom stereocenters. The van der Waals surface area contributed by atoms with Gasteiger partial charge in [-0.15, -0.1) is 0 Å². The second-order valence-corrected chi connectivity index (χ2v) is 4.92. The third-order valence-corrected chi connectivity index (χ3v) is 2.34. The van der Waals surface area contributed by atoms with E-state index in [2.05, 4.69) is 19.9 Å². The van der Waals surface area contributed by atoms with E-state index in [4.69, 9.17) is 0 Å². The standard InChI is InChI=1S/C12H19NO/c1-9-6-12(2,3)7-11(14)10(9)8-13(4)5/h6,8H,7H2,1-5H3/b10-8-. The molecule has 1 rings (SSSR count). The Bertz CT molecular complexity index is 308. The topological polar surface area (TPSA) is 20.3 Å². The van der Waals surface area contributed by atoms with Crippen molar-refractivity contribution in [1.29, 1.82) is 0 Å². The summed E-state index contributed by atoms with van der Waals surface area (Å²) in [6, 6.07) is 0. The average Bonchev–Trinajstić information content (AvgIpc) is 1.94. The van der Waals surface area contributed by atoms with Crippen LogP contribution >= 0.6 is 0 Å². The third-order valence-electron chi connectivity index (χ3n) is 2.34. The summed E-state index contributed by atoms with van der Waals surface area (Å²) in [7, 11) is 3.88. The number of ketones is 1. The molecule has 2 heteroatoms. The third kappa shape index (κ3) is 2.47. The van der Waals surface area contributed by atoms with Crippen LogP contribution in [0.25, 0.3) is 0 Å². The Morgan fingerprint density at radius 1 is 1.43 bits per heavy atom. The Morgan fingerprint density at radius 3 is 2.43 bits per heavy atom. The molecule has 0 aromatic rings. The van der Waals surface area contributed by atoms with Crippen LogP contribution in [0.2, 0.25) is 0 Å². The van der Waals surface area contributed by atoms with Gasteiger partial charge in [-0.3, -0.25) is 4.79 Å². The van der Waals surface area contributed by atoms with Crippen molar-refractivity contribution in [3.63, 3.8) is 0 Å². The van der Waals surface area contributed by atoms with Crippen molar-refractivity contribution in [2.24, 2.45) is 5.41 Å². The van der Waals surface area contributed by atoms with Crippen LogP contribution in [0.1, 0.15) is 27.2 Å². The second-order valence-electron chi connectivity index (χ2n) is 4.92. The van der Waals surface area contributed by atoms with Crippen molar-refractivity contribution < 1.29 is 4.79 Å². The number of allylic oxidation sites excluding steroid dienone is 3. The second kappa shape index (κ2) is 3.60. The van der Waals surface area contributed by atoms with E-state index in [1.807, 2.05) is 32.1 Å². The van der Waals surface area contributed by atoms with Crippen molar-refractivity contribution >= 4 is 5.78 Å². The monoisotopic (exact) mass is 193 g/mol. The molecule has 0 amide bonds. The first-order valence-corrected chi connectivity index (χ1v) is 4.93. The van der Waals surface area contributed by atoms with Crippen LogP contribution in [0, 0.1) is 5.41 Å². The first-order chi connectivity index (χ1) is 6.32. The van der Waals surface area contributed by atoms with Crippen LogP contribution < -0.4 is 0 Å². The largest absolute Gasteiger partial charge is 0.383 e. The molecular weight excluding hydrogens is 174 g/mol. The van der Waals surface area contributed by atoms with Crippen LogP contribution in [0.3, 0.4) is 0 Å². The lowest BCUT2D eigenvalue weighted by Gasteiger charge is -2.27. The molecule has 0 saturated heterocycles. The summed E-state index contributed by atoms with van der Waals surface area (Å²) in [6.07, 6.45) is 4.71. The molecule has 0 saturated carbocycles. The van der Waals surface area contributed by atoms with Crippen LogP contribution in [-0.4, -0.2) is 24.8 Å². The van der Waals surface area contributed by atoms with Gasteiger partial charge in [0.1, 0.15) is 0 Å². The predicted molar refractivity (Wildman–Crippen MR) is 58.9 cm³/mol. The summed E-state index contributed by atoms with van der Waals surface area (Å²) in [6.45, 7) is 6.20. The molecule has 0 spiro atoms. The molecule has 0 unspecified atom stereocenters. The number of hydrogen-bond donors (Lipinski definition) is 0. The van der Waals surface area contributed by atoms with E-state index >= 15 is 0 Å². The lowest BCUT2D eigenvalue weighted by Crippen LogP contribution is -2.23. The molecule has 0 bridgehead atoms. The minimum atomic E-state index is 0.0187. The van der Waals surface area contributed by atoms with Crippen molar-refractivity contribution in [2.45, 2.75) is 27.2 Å². The lowest BCUT2D eigenvalue weighted by molar-refractivity contribution is -0.117. The minimum Gasteiger partial charge on any atom is -0.383 e. The molecule has 14 heavy (non-hydrogen) atoms. The van der Waals surface area contributed by atoms with E-state index in [1.165, 1.54) is 0 Å². The van der Waals surface area contributed by atoms with Crippen molar-refractivity contribution in [3.05, 3.63) is 23.4 Å². The number of hydrogen-bond acceptors (Lipinski definition) is 2. The highest BCUT2D eigenvalue weighted by Crippen LogP contribution is 2.33. The Kier molecular flexibility index (Phi) is 2.84. The van der Waals surface area contributed by atoms with Gasteiger partial charge in [-0.25, -0.2) is 0 Å². The van der Waals surface area contributed by atoms with Crippen LogP contribution in [0.5, 0.6) is 0 Å². The molecule has 2 nitrogen and oxygen atoms in total. The highest BCUT2D eigenvalue weighted by atomic mass is 16.1. The number of nitrogens with zero attached hydrogens (tertiary/aromatic N) is 1. The zero-order valence-corrected chi connectivity index (χ0v) is 9.72. The predicted octanol–water partition coefficient (Wildman–Crippen LogP) is 2.38. The highest BCUT2D eigenvalue weighted by molar-refractivity contribution is 6.01. The quantitative estimate of drug-likeness (QED) is 0.596. The Hall–Kier alpha value is -1.05. The van der Waals surface area contributed by atoms with Gasteiger partial charge in [0.15, 0.2) is 5.78 Å². The smallest absolute Gasteiger partial charge is 0.165 e. The zero-order valence-electron chi connectivity index (χ0n) is 9.72. The highest BCUT2D eigenvalue weighted by Gasteiger charge is 2.28. The molecule has 0 heterocycles. The van der Waals surface area contributed by atoms with Crippen molar-refractivity contribution in [1.82, 2.24) is 4.90 Å². The van der Waals surface area contributed by atoms with Gasteiger partial charge in [-0.1, -0.05) is 19.9 Å². The molecule has 0 radical (unpaired) electrons. The number of carbonyl (C=O) groups excluding carboxylic acids is 1. The maximum Gasteiger partial charge on any atom is 0.165 e. The number of carbonyl (C=O) groups is 1. The number of Topliss-reactive ketones (excluding diaryl/α,β-unsaturated/α-hetero) is 1. The van der Waals surface area contributed by atoms with Crippen molar-refractivity contribution in [3.8, 4) is 0 Å². The fourth-order valence-corrected chi connectivity index (χ4v) is 1.88. The van der Waals surface area contributed by atoms with Crippen LogP contribution in [0.4, 0.5) is 0 Å². The van der Waals surface area contributed by atoms with E-state index in [9.17, 15) is 4.79 Å². The fraction of sp³-hybridized carbons (Fsp3) is 0.583. The van der Waals surface area contributed by atoms with E-state index in [-0.39, 0.29) is 11.2 Å². The SMILES string of the molecule is CC1=CC(C)(C)CC(=O)/C1=C\N(C)C. The van der Waals surface area contributed by atoms with E-state index in [0.717, 1.165) is 11.1 Å². The van der Waals surface area contributed by atoms with Gasteiger partial charge in [0.2, 0.25) is 0 Å². The Labute approximate surface area is 86.3 Å². The van der Waals surface area contributed by atoms with Gasteiger partial charge >= 0.3 is 0 Å². The fourth-order valence-electron chi connectivity index (χ4n) is 1.88. The molecule has 1 aliphatic carbocycles. The minimum absolute atomic E-state index is 0.0187. The molecular formula is C12H19NO. The first kappa shape index (κ1) is 11.0. The summed E-state index contributed by atoms with van der Waals surface area (Å²) in [5.41, 5.74) is 1.97. The lowest BCUT2D eigenvalue weighted by atomic mass is 9.77. The van der Waals surface area contributed by atoms with Crippen LogP contribution in [0.15, 0.2) is 23.4 Å². The van der Waals surface area contributed by atoms with E-state index in [0.29, 0.717) is 6.42 Å². The van der Waals surface area contributed by atoms with Gasteiger partial charge in [0, 0.05) is 32.3 Å². The molecule has 0 N–H and O–H groups in total. The molecule has 0 fully saturated rings. The molecule has 0 aromatic heterocycles. The van der Waals surface area contributed by atoms with Crippen molar-refractivity contribution in [2.75, 3.05) is 14.1 Å². The zero-order chi connectivity index (χ0) is 10.9. The Balaban J connectivity index is 3.07. The summed E-state index contributed by atoms with van der Waals surface area (Å²) in [4.78, 5) is 13.7. The molecule has 0 aliphatic heterocycles. The summed E-state index contributed by atoms with van der Waals surface area (Å²) in [5.74, 6) is 0.253. The molecule has 78 valence electrons. The number of rotatable bonds is 1. The van der Waals surface area contributed by atoms with Crippen LogP contribution in [-0.2, 0) is 4.79 Å². The van der Waals surface area contributed by atoms with Gasteiger partial charge in [0.05, 0.1) is 0 Å². The van der Waals surface area contributed by atoms with E-state index in [1.54, 1.807) is 0 Å². The first-order valence-electron chi connectivity index (χ1n) is 4.93. The maximum atomic E-state index is 11.8. The summed E-state index contributed by atoms with van der Waals surface area (Å²) >= 11 is 0. The van der Waals surface area contributed by atoms with Gasteiger partial charge in [-0.05, 0) is 17.9 Å². The molecule has 1 aliphatic rings. The Morgan fingerprint density at radius 2 is 2.00 bits per heavy atom. The van der Waals surface area contributed by atoms with Gasteiger partial charge < -0.3 is 4.90 Å². The summed E-state index contributed by atoms with van der Waals surface area (Å²) < 4.78 is 0. The summed E-state index contributed by atoms with van der Waals surface area (Å²) in [5, 5.41) is 0. The normalized spacial score (nSPS) is 23.6. The maximum absolute atomic E-state index is 11.8. The van der Waals surface area contributed by atoms with Gasteiger partial charge in [0.25, 0.3) is 0 Å². The molecule has 0 aromatic carbocycles. The average molecular weight is 193 g/mol. The van der Waals surface area contributed by atoms with Gasteiger partial charge in [-0.2, -0.15) is 0 Å². The van der Waals surface area contributed by atoms with E-state index < -0.39 is 0 Å².